The van der Waals surface area contributed by atoms with Crippen molar-refractivity contribution < 1.29 is 5.11 Å². The van der Waals surface area contributed by atoms with Gasteiger partial charge in [0.15, 0.2) is 5.82 Å². The van der Waals surface area contributed by atoms with Crippen molar-refractivity contribution in [2.24, 2.45) is 5.92 Å². The lowest BCUT2D eigenvalue weighted by atomic mass is 9.89. The largest absolute Gasteiger partial charge is 0.507 e. The number of piperidine rings is 1. The maximum Gasteiger partial charge on any atom is 0.151 e. The predicted octanol–water partition coefficient (Wildman–Crippen LogP) is 3.43. The van der Waals surface area contributed by atoms with Crippen LogP contribution in [0.4, 0.5) is 5.82 Å². The minimum absolute atomic E-state index is 0.271. The summed E-state index contributed by atoms with van der Waals surface area (Å²) in [5.41, 5.74) is 3.58. The van der Waals surface area contributed by atoms with Gasteiger partial charge in [-0.25, -0.2) is 0 Å². The monoisotopic (exact) mass is 352 g/mol. The second-order valence-corrected chi connectivity index (χ2v) is 7.83. The number of fused-ring (bicyclic) bond motifs is 1. The third kappa shape index (κ3) is 3.05. The maximum absolute atomic E-state index is 10.3. The van der Waals surface area contributed by atoms with Gasteiger partial charge in [0.25, 0.3) is 0 Å². The standard InChI is InChI=1S/C21H28N4O/c1-4-15-11-18-16(22-12-15)7-8-25(18)20-6-5-17(23-24-20)21-14(3)9-13(2)10-19(21)26/h5-6,9-10,15-16,18,22,26H,4,7-8,11-12H2,1-3H3/t15?,16-,18+/m1/s1. The van der Waals surface area contributed by atoms with E-state index < -0.39 is 0 Å². The Balaban J connectivity index is 1.59. The topological polar surface area (TPSA) is 61.3 Å². The molecule has 0 aliphatic carbocycles. The van der Waals surface area contributed by atoms with E-state index in [9.17, 15) is 5.11 Å². The minimum atomic E-state index is 0.271. The maximum atomic E-state index is 10.3. The second kappa shape index (κ2) is 6.88. The molecule has 1 unspecified atom stereocenters. The van der Waals surface area contributed by atoms with Crippen molar-refractivity contribution >= 4 is 5.82 Å². The van der Waals surface area contributed by atoms with Gasteiger partial charge >= 0.3 is 0 Å². The van der Waals surface area contributed by atoms with E-state index in [0.29, 0.717) is 12.1 Å². The zero-order chi connectivity index (χ0) is 18.3. The molecule has 26 heavy (non-hydrogen) atoms. The normalized spacial score (nSPS) is 25.3. The number of aromatic hydroxyl groups is 1. The molecular formula is C21H28N4O. The van der Waals surface area contributed by atoms with Gasteiger partial charge in [0.05, 0.1) is 5.69 Å². The van der Waals surface area contributed by atoms with Crippen LogP contribution in [-0.2, 0) is 0 Å². The Bertz CT molecular complexity index is 766. The molecule has 0 saturated carbocycles. The van der Waals surface area contributed by atoms with Gasteiger partial charge in [-0.05, 0) is 68.5 Å². The van der Waals surface area contributed by atoms with Crippen LogP contribution in [0.1, 0.15) is 37.3 Å². The number of phenolic OH excluding ortho intramolecular Hbond substituents is 1. The van der Waals surface area contributed by atoms with Crippen molar-refractivity contribution in [3.63, 3.8) is 0 Å². The molecule has 0 amide bonds. The van der Waals surface area contributed by atoms with Crippen LogP contribution < -0.4 is 10.2 Å². The molecule has 2 saturated heterocycles. The molecule has 5 nitrogen and oxygen atoms in total. The highest BCUT2D eigenvalue weighted by Crippen LogP contribution is 2.35. The van der Waals surface area contributed by atoms with Gasteiger partial charge in [-0.15, -0.1) is 10.2 Å². The Labute approximate surface area is 155 Å². The lowest BCUT2D eigenvalue weighted by molar-refractivity contribution is 0.288. The van der Waals surface area contributed by atoms with Crippen LogP contribution in [0.25, 0.3) is 11.3 Å². The van der Waals surface area contributed by atoms with Crippen LogP contribution >= 0.6 is 0 Å². The summed E-state index contributed by atoms with van der Waals surface area (Å²) in [5, 5.41) is 23.0. The van der Waals surface area contributed by atoms with Crippen LogP contribution in [0, 0.1) is 19.8 Å². The molecule has 5 heteroatoms. The number of benzene rings is 1. The molecule has 0 bridgehead atoms. The fraction of sp³-hybridized carbons (Fsp3) is 0.524. The SMILES string of the molecule is CCC1CN[C@@H]2CCN(c3ccc(-c4c(C)cc(C)cc4O)nn3)[C@H]2C1. The quantitative estimate of drug-likeness (QED) is 0.886. The number of aromatic nitrogens is 2. The smallest absolute Gasteiger partial charge is 0.151 e. The summed E-state index contributed by atoms with van der Waals surface area (Å²) in [6, 6.07) is 8.97. The second-order valence-electron chi connectivity index (χ2n) is 7.83. The molecule has 3 atom stereocenters. The third-order valence-electron chi connectivity index (χ3n) is 6.03. The Kier molecular flexibility index (Phi) is 4.57. The average Bonchev–Trinajstić information content (AvgIpc) is 3.04. The molecule has 1 aromatic heterocycles. The van der Waals surface area contributed by atoms with E-state index in [1.807, 2.05) is 19.9 Å². The number of aryl methyl sites for hydroxylation is 2. The van der Waals surface area contributed by atoms with Crippen LogP contribution in [0.15, 0.2) is 24.3 Å². The molecule has 2 aliphatic heterocycles. The lowest BCUT2D eigenvalue weighted by Gasteiger charge is -2.37. The highest BCUT2D eigenvalue weighted by atomic mass is 16.3. The summed E-state index contributed by atoms with van der Waals surface area (Å²) < 4.78 is 0. The van der Waals surface area contributed by atoms with Gasteiger partial charge < -0.3 is 15.3 Å². The number of phenols is 1. The van der Waals surface area contributed by atoms with Crippen molar-refractivity contribution in [3.05, 3.63) is 35.4 Å². The van der Waals surface area contributed by atoms with Crippen molar-refractivity contribution in [1.82, 2.24) is 15.5 Å². The van der Waals surface area contributed by atoms with E-state index >= 15 is 0 Å². The van der Waals surface area contributed by atoms with E-state index in [1.54, 1.807) is 6.07 Å². The Morgan fingerprint density at radius 3 is 2.77 bits per heavy atom. The van der Waals surface area contributed by atoms with E-state index in [-0.39, 0.29) is 5.75 Å². The molecule has 3 heterocycles. The van der Waals surface area contributed by atoms with Gasteiger partial charge in [-0.3, -0.25) is 0 Å². The Hall–Kier alpha value is -2.14. The molecule has 1 aromatic carbocycles. The van der Waals surface area contributed by atoms with Gasteiger partial charge in [0.1, 0.15) is 5.75 Å². The highest BCUT2D eigenvalue weighted by Gasteiger charge is 2.39. The zero-order valence-corrected chi connectivity index (χ0v) is 15.9. The summed E-state index contributed by atoms with van der Waals surface area (Å²) in [6.07, 6.45) is 3.62. The first-order valence-electron chi connectivity index (χ1n) is 9.71. The predicted molar refractivity (Wildman–Crippen MR) is 105 cm³/mol. The van der Waals surface area contributed by atoms with Crippen molar-refractivity contribution in [2.75, 3.05) is 18.0 Å². The van der Waals surface area contributed by atoms with E-state index in [0.717, 1.165) is 47.2 Å². The number of nitrogens with one attached hydrogen (secondary N) is 1. The van der Waals surface area contributed by atoms with Crippen LogP contribution in [-0.4, -0.2) is 40.5 Å². The first kappa shape index (κ1) is 17.3. The highest BCUT2D eigenvalue weighted by molar-refractivity contribution is 5.71. The van der Waals surface area contributed by atoms with Crippen LogP contribution in [0.5, 0.6) is 5.75 Å². The fourth-order valence-electron chi connectivity index (χ4n) is 4.61. The number of nitrogens with zero attached hydrogens (tertiary/aromatic N) is 3. The van der Waals surface area contributed by atoms with E-state index in [4.69, 9.17) is 0 Å². The average molecular weight is 352 g/mol. The molecular weight excluding hydrogens is 324 g/mol. The van der Waals surface area contributed by atoms with Crippen LogP contribution in [0.3, 0.4) is 0 Å². The number of hydrogen-bond acceptors (Lipinski definition) is 5. The summed E-state index contributed by atoms with van der Waals surface area (Å²) in [7, 11) is 0. The molecule has 2 fully saturated rings. The van der Waals surface area contributed by atoms with Gasteiger partial charge in [0.2, 0.25) is 0 Å². The van der Waals surface area contributed by atoms with Gasteiger partial charge in [-0.1, -0.05) is 19.4 Å². The van der Waals surface area contributed by atoms with E-state index in [1.165, 1.54) is 19.3 Å². The summed E-state index contributed by atoms with van der Waals surface area (Å²) in [6.45, 7) is 8.43. The summed E-state index contributed by atoms with van der Waals surface area (Å²) in [5.74, 6) is 1.97. The minimum Gasteiger partial charge on any atom is -0.507 e. The summed E-state index contributed by atoms with van der Waals surface area (Å²) >= 11 is 0. The van der Waals surface area contributed by atoms with Crippen molar-refractivity contribution in [3.8, 4) is 17.0 Å². The van der Waals surface area contributed by atoms with Gasteiger partial charge in [0, 0.05) is 24.2 Å². The van der Waals surface area contributed by atoms with Crippen LogP contribution in [0.2, 0.25) is 0 Å². The third-order valence-corrected chi connectivity index (χ3v) is 6.03. The van der Waals surface area contributed by atoms with E-state index in [2.05, 4.69) is 39.5 Å². The number of anilines is 1. The first-order valence-corrected chi connectivity index (χ1v) is 9.71. The number of hydrogen-bond donors (Lipinski definition) is 2. The molecule has 0 spiro atoms. The molecule has 4 rings (SSSR count). The molecule has 2 aliphatic rings. The number of rotatable bonds is 3. The molecule has 0 radical (unpaired) electrons. The molecule has 2 N–H and O–H groups in total. The Morgan fingerprint density at radius 2 is 2.08 bits per heavy atom. The Morgan fingerprint density at radius 1 is 1.23 bits per heavy atom. The summed E-state index contributed by atoms with van der Waals surface area (Å²) in [4.78, 5) is 2.41. The van der Waals surface area contributed by atoms with Crippen molar-refractivity contribution in [1.29, 1.82) is 0 Å². The zero-order valence-electron chi connectivity index (χ0n) is 15.9. The van der Waals surface area contributed by atoms with Crippen molar-refractivity contribution in [2.45, 2.75) is 52.1 Å². The fourth-order valence-corrected chi connectivity index (χ4v) is 4.61. The molecule has 138 valence electrons. The van der Waals surface area contributed by atoms with Gasteiger partial charge in [-0.2, -0.15) is 0 Å². The molecule has 2 aromatic rings. The lowest BCUT2D eigenvalue weighted by Crippen LogP contribution is -2.50. The first-order chi connectivity index (χ1) is 12.6.